The SMILES string of the molecule is O=C(c1cccc(CSc2nnc(-c3ccncc3)n2-c2ccccc2F)c1)N1CCOCC1. The molecule has 0 spiro atoms. The summed E-state index contributed by atoms with van der Waals surface area (Å²) in [6.45, 7) is 2.32. The Balaban J connectivity index is 1.42. The fourth-order valence-corrected chi connectivity index (χ4v) is 4.68. The minimum absolute atomic E-state index is 0.00430. The number of halogens is 1. The average Bonchev–Trinajstić information content (AvgIpc) is 3.32. The quantitative estimate of drug-likeness (QED) is 0.389. The van der Waals surface area contributed by atoms with Crippen LogP contribution < -0.4 is 0 Å². The molecule has 2 aromatic carbocycles. The van der Waals surface area contributed by atoms with Crippen molar-refractivity contribution >= 4 is 17.7 Å². The summed E-state index contributed by atoms with van der Waals surface area (Å²) in [5, 5.41) is 9.26. The zero-order valence-electron chi connectivity index (χ0n) is 18.3. The van der Waals surface area contributed by atoms with Crippen molar-refractivity contribution in [2.75, 3.05) is 26.3 Å². The van der Waals surface area contributed by atoms with Crippen molar-refractivity contribution in [3.63, 3.8) is 0 Å². The number of hydrogen-bond donors (Lipinski definition) is 0. The van der Waals surface area contributed by atoms with Gasteiger partial charge in [-0.3, -0.25) is 14.3 Å². The number of benzene rings is 2. The summed E-state index contributed by atoms with van der Waals surface area (Å²) in [5.74, 6) is 0.723. The summed E-state index contributed by atoms with van der Waals surface area (Å²) in [7, 11) is 0. The maximum Gasteiger partial charge on any atom is 0.254 e. The average molecular weight is 476 g/mol. The molecule has 9 heteroatoms. The third-order valence-electron chi connectivity index (χ3n) is 5.51. The molecule has 5 rings (SSSR count). The minimum Gasteiger partial charge on any atom is -0.378 e. The van der Waals surface area contributed by atoms with Gasteiger partial charge in [-0.2, -0.15) is 0 Å². The van der Waals surface area contributed by atoms with E-state index in [4.69, 9.17) is 4.74 Å². The summed E-state index contributed by atoms with van der Waals surface area (Å²) in [4.78, 5) is 18.7. The highest BCUT2D eigenvalue weighted by Gasteiger charge is 2.20. The number of morpholine rings is 1. The van der Waals surface area contributed by atoms with Gasteiger partial charge in [-0.05, 0) is 42.0 Å². The molecule has 172 valence electrons. The molecule has 0 N–H and O–H groups in total. The number of aromatic nitrogens is 4. The molecule has 0 saturated carbocycles. The zero-order chi connectivity index (χ0) is 23.3. The number of hydrogen-bond acceptors (Lipinski definition) is 6. The van der Waals surface area contributed by atoms with Crippen LogP contribution in [-0.4, -0.2) is 56.9 Å². The van der Waals surface area contributed by atoms with Crippen LogP contribution in [0.3, 0.4) is 0 Å². The van der Waals surface area contributed by atoms with Gasteiger partial charge in [0.25, 0.3) is 5.91 Å². The Bertz CT molecular complexity index is 1290. The van der Waals surface area contributed by atoms with Crippen LogP contribution in [0.1, 0.15) is 15.9 Å². The van der Waals surface area contributed by atoms with E-state index in [2.05, 4.69) is 15.2 Å². The summed E-state index contributed by atoms with van der Waals surface area (Å²) in [5.41, 5.74) is 2.78. The Morgan fingerprint density at radius 2 is 1.79 bits per heavy atom. The lowest BCUT2D eigenvalue weighted by Crippen LogP contribution is -2.40. The topological polar surface area (TPSA) is 73.1 Å². The normalized spacial score (nSPS) is 13.7. The number of carbonyl (C=O) groups excluding carboxylic acids is 1. The van der Waals surface area contributed by atoms with E-state index < -0.39 is 0 Å². The van der Waals surface area contributed by atoms with Crippen molar-refractivity contribution in [3.05, 3.63) is 90.0 Å². The van der Waals surface area contributed by atoms with Crippen LogP contribution in [0.4, 0.5) is 4.39 Å². The Morgan fingerprint density at radius 1 is 1.00 bits per heavy atom. The van der Waals surface area contributed by atoms with E-state index in [1.54, 1.807) is 35.2 Å². The molecule has 3 heterocycles. The van der Waals surface area contributed by atoms with Gasteiger partial charge in [-0.15, -0.1) is 10.2 Å². The van der Waals surface area contributed by atoms with Gasteiger partial charge in [-0.1, -0.05) is 36.0 Å². The predicted molar refractivity (Wildman–Crippen MR) is 127 cm³/mol. The van der Waals surface area contributed by atoms with Gasteiger partial charge in [0.15, 0.2) is 11.0 Å². The van der Waals surface area contributed by atoms with Crippen molar-refractivity contribution in [1.29, 1.82) is 0 Å². The lowest BCUT2D eigenvalue weighted by Gasteiger charge is -2.27. The fourth-order valence-electron chi connectivity index (χ4n) is 3.79. The van der Waals surface area contributed by atoms with Crippen LogP contribution in [0, 0.1) is 5.82 Å². The first-order valence-corrected chi connectivity index (χ1v) is 11.9. The molecule has 4 aromatic rings. The number of ether oxygens (including phenoxy) is 1. The number of amides is 1. The summed E-state index contributed by atoms with van der Waals surface area (Å²) in [6, 6.07) is 17.8. The summed E-state index contributed by atoms with van der Waals surface area (Å²) < 4.78 is 21.8. The van der Waals surface area contributed by atoms with Crippen LogP contribution in [0.25, 0.3) is 17.1 Å². The maximum atomic E-state index is 14.8. The molecular formula is C25H22FN5O2S. The third-order valence-corrected chi connectivity index (χ3v) is 6.51. The molecule has 7 nitrogen and oxygen atoms in total. The van der Waals surface area contributed by atoms with Crippen molar-refractivity contribution < 1.29 is 13.9 Å². The summed E-state index contributed by atoms with van der Waals surface area (Å²) in [6.07, 6.45) is 3.33. The Hall–Kier alpha value is -3.56. The van der Waals surface area contributed by atoms with Gasteiger partial charge in [0, 0.05) is 42.4 Å². The van der Waals surface area contributed by atoms with Crippen LogP contribution in [0.2, 0.25) is 0 Å². The molecule has 1 fully saturated rings. The highest BCUT2D eigenvalue weighted by molar-refractivity contribution is 7.98. The van der Waals surface area contributed by atoms with Crippen LogP contribution >= 0.6 is 11.8 Å². The smallest absolute Gasteiger partial charge is 0.254 e. The first kappa shape index (κ1) is 22.2. The van der Waals surface area contributed by atoms with Crippen LogP contribution in [0.15, 0.2) is 78.2 Å². The largest absolute Gasteiger partial charge is 0.378 e. The second-order valence-corrected chi connectivity index (χ2v) is 8.67. The molecular weight excluding hydrogens is 453 g/mol. The molecule has 0 bridgehead atoms. The number of thioether (sulfide) groups is 1. The summed E-state index contributed by atoms with van der Waals surface area (Å²) >= 11 is 1.44. The van der Waals surface area contributed by atoms with Crippen molar-refractivity contribution in [2.45, 2.75) is 10.9 Å². The molecule has 1 amide bonds. The Kier molecular flexibility index (Phi) is 6.64. The molecule has 1 aliphatic rings. The number of carbonyl (C=O) groups is 1. The van der Waals surface area contributed by atoms with Gasteiger partial charge in [0.2, 0.25) is 0 Å². The lowest BCUT2D eigenvalue weighted by molar-refractivity contribution is 0.0303. The van der Waals surface area contributed by atoms with E-state index in [1.165, 1.54) is 17.8 Å². The van der Waals surface area contributed by atoms with Gasteiger partial charge in [0.1, 0.15) is 5.82 Å². The van der Waals surface area contributed by atoms with Crippen molar-refractivity contribution in [1.82, 2.24) is 24.6 Å². The zero-order valence-corrected chi connectivity index (χ0v) is 19.1. The predicted octanol–water partition coefficient (Wildman–Crippen LogP) is 4.23. The molecule has 0 unspecified atom stereocenters. The van der Waals surface area contributed by atoms with Crippen molar-refractivity contribution in [3.8, 4) is 17.1 Å². The Morgan fingerprint density at radius 3 is 2.59 bits per heavy atom. The number of rotatable bonds is 6. The van der Waals surface area contributed by atoms with E-state index in [1.807, 2.05) is 41.3 Å². The highest BCUT2D eigenvalue weighted by Crippen LogP contribution is 2.30. The monoisotopic (exact) mass is 475 g/mol. The van der Waals surface area contributed by atoms with Gasteiger partial charge < -0.3 is 9.64 Å². The van der Waals surface area contributed by atoms with E-state index in [9.17, 15) is 9.18 Å². The van der Waals surface area contributed by atoms with E-state index in [-0.39, 0.29) is 11.7 Å². The van der Waals surface area contributed by atoms with E-state index >= 15 is 0 Å². The minimum atomic E-state index is -0.363. The molecule has 0 radical (unpaired) electrons. The molecule has 1 aliphatic heterocycles. The standard InChI is InChI=1S/C25H22FN5O2S/c26-21-6-1-2-7-22(21)31-23(19-8-10-27-11-9-19)28-29-25(31)34-17-18-4-3-5-20(16-18)24(32)30-12-14-33-15-13-30/h1-11,16H,12-15,17H2. The first-order valence-electron chi connectivity index (χ1n) is 10.9. The lowest BCUT2D eigenvalue weighted by atomic mass is 10.1. The second-order valence-electron chi connectivity index (χ2n) is 7.72. The second kappa shape index (κ2) is 10.1. The van der Waals surface area contributed by atoms with Gasteiger partial charge in [0.05, 0.1) is 18.9 Å². The number of nitrogens with zero attached hydrogens (tertiary/aromatic N) is 5. The van der Waals surface area contributed by atoms with Crippen LogP contribution in [0.5, 0.6) is 0 Å². The molecule has 2 aromatic heterocycles. The van der Waals surface area contributed by atoms with E-state index in [0.29, 0.717) is 54.3 Å². The van der Waals surface area contributed by atoms with Gasteiger partial charge in [-0.25, -0.2) is 4.39 Å². The van der Waals surface area contributed by atoms with Crippen molar-refractivity contribution in [2.24, 2.45) is 0 Å². The van der Waals surface area contributed by atoms with Gasteiger partial charge >= 0.3 is 0 Å². The first-order chi connectivity index (χ1) is 16.7. The number of para-hydroxylation sites is 1. The molecule has 1 saturated heterocycles. The molecule has 0 aliphatic carbocycles. The van der Waals surface area contributed by atoms with E-state index in [0.717, 1.165) is 11.1 Å². The molecule has 0 atom stereocenters. The maximum absolute atomic E-state index is 14.8. The van der Waals surface area contributed by atoms with Crippen LogP contribution in [-0.2, 0) is 10.5 Å². The third kappa shape index (κ3) is 4.71. The fraction of sp³-hybridized carbons (Fsp3) is 0.200. The number of pyridine rings is 1. The molecule has 34 heavy (non-hydrogen) atoms. The highest BCUT2D eigenvalue weighted by atomic mass is 32.2. The Labute approximate surface area is 200 Å².